The van der Waals surface area contributed by atoms with Gasteiger partial charge in [-0.3, -0.25) is 4.79 Å². The molecule has 1 aromatic carbocycles. The molecule has 0 saturated carbocycles. The van der Waals surface area contributed by atoms with Gasteiger partial charge in [0.1, 0.15) is 16.7 Å². The van der Waals surface area contributed by atoms with Crippen LogP contribution in [0.4, 0.5) is 4.39 Å². The largest absolute Gasteiger partial charge is 0.305 e. The second kappa shape index (κ2) is 6.50. The zero-order valence-electron chi connectivity index (χ0n) is 14.2. The van der Waals surface area contributed by atoms with E-state index in [0.717, 1.165) is 24.8 Å². The number of rotatable bonds is 2. The van der Waals surface area contributed by atoms with E-state index in [0.29, 0.717) is 21.7 Å². The number of nitrogens with one attached hydrogen (secondary N) is 1. The molecule has 0 radical (unpaired) electrons. The molecule has 130 valence electrons. The van der Waals surface area contributed by atoms with Crippen LogP contribution in [0.2, 0.25) is 0 Å². The summed E-state index contributed by atoms with van der Waals surface area (Å²) in [5.74, 6) is 0.450. The molecule has 2 heterocycles. The summed E-state index contributed by atoms with van der Waals surface area (Å²) in [4.78, 5) is 21.8. The van der Waals surface area contributed by atoms with Crippen molar-refractivity contribution in [3.63, 3.8) is 0 Å². The number of aromatic amines is 1. The van der Waals surface area contributed by atoms with Crippen LogP contribution in [0.25, 0.3) is 21.9 Å². The van der Waals surface area contributed by atoms with E-state index in [1.54, 1.807) is 23.5 Å². The van der Waals surface area contributed by atoms with Gasteiger partial charge in [-0.05, 0) is 54.5 Å². The first-order chi connectivity index (χ1) is 12.5. The number of hydrogen-bond acceptors (Lipinski definition) is 4. The Labute approximate surface area is 153 Å². The average molecular weight is 365 g/mol. The maximum absolute atomic E-state index is 13.4. The highest BCUT2D eigenvalue weighted by atomic mass is 32.1. The number of thiophene rings is 1. The van der Waals surface area contributed by atoms with Gasteiger partial charge in [0.25, 0.3) is 5.56 Å². The molecule has 0 bridgehead atoms. The van der Waals surface area contributed by atoms with Crippen LogP contribution in [0.1, 0.15) is 35.2 Å². The van der Waals surface area contributed by atoms with Crippen molar-refractivity contribution in [1.82, 2.24) is 9.97 Å². The first-order valence-electron chi connectivity index (χ1n) is 8.47. The minimum absolute atomic E-state index is 0.203. The lowest BCUT2D eigenvalue weighted by Gasteiger charge is -2.17. The molecule has 1 atom stereocenters. The lowest BCUT2D eigenvalue weighted by atomic mass is 9.89. The fourth-order valence-corrected chi connectivity index (χ4v) is 4.78. The van der Waals surface area contributed by atoms with Crippen LogP contribution in [-0.2, 0) is 12.8 Å². The first kappa shape index (κ1) is 16.7. The van der Waals surface area contributed by atoms with Crippen molar-refractivity contribution in [2.75, 3.05) is 0 Å². The van der Waals surface area contributed by atoms with Crippen LogP contribution in [-0.4, -0.2) is 9.97 Å². The number of nitrogens with zero attached hydrogens (tertiary/aromatic N) is 2. The van der Waals surface area contributed by atoms with Crippen LogP contribution in [0.15, 0.2) is 29.1 Å². The normalized spacial score (nSPS) is 17.1. The molecule has 0 spiro atoms. The predicted octanol–water partition coefficient (Wildman–Crippen LogP) is 4.31. The fourth-order valence-electron chi connectivity index (χ4n) is 3.39. The SMILES string of the molecule is CC1CCc2c(sc3nc(/C(C#N)=C/c4cccc(F)c4)[nH]c(=O)c23)C1. The maximum Gasteiger partial charge on any atom is 0.260 e. The van der Waals surface area contributed by atoms with Gasteiger partial charge in [-0.2, -0.15) is 5.26 Å². The van der Waals surface area contributed by atoms with Crippen LogP contribution in [0, 0.1) is 23.1 Å². The van der Waals surface area contributed by atoms with E-state index in [1.807, 2.05) is 0 Å². The molecular weight excluding hydrogens is 349 g/mol. The van der Waals surface area contributed by atoms with Gasteiger partial charge in [0.2, 0.25) is 0 Å². The molecule has 6 heteroatoms. The standard InChI is InChI=1S/C20H16FN3OS/c1-11-5-6-15-16(7-11)26-20-17(15)19(25)23-18(24-20)13(10-22)8-12-3-2-4-14(21)9-12/h2-4,8-9,11H,5-7H2,1H3,(H,23,24,25)/b13-8+. The zero-order chi connectivity index (χ0) is 18.3. The molecule has 26 heavy (non-hydrogen) atoms. The molecule has 0 saturated heterocycles. The zero-order valence-corrected chi connectivity index (χ0v) is 15.0. The second-order valence-corrected chi connectivity index (χ2v) is 7.75. The van der Waals surface area contributed by atoms with Gasteiger partial charge >= 0.3 is 0 Å². The molecule has 1 unspecified atom stereocenters. The molecule has 1 N–H and O–H groups in total. The highest BCUT2D eigenvalue weighted by Gasteiger charge is 2.23. The second-order valence-electron chi connectivity index (χ2n) is 6.67. The Kier molecular flexibility index (Phi) is 4.17. The van der Waals surface area contributed by atoms with Crippen molar-refractivity contribution in [3.05, 3.63) is 62.3 Å². The van der Waals surface area contributed by atoms with Crippen LogP contribution in [0.5, 0.6) is 0 Å². The highest BCUT2D eigenvalue weighted by molar-refractivity contribution is 7.18. The number of aromatic nitrogens is 2. The molecule has 0 amide bonds. The minimum atomic E-state index is -0.381. The number of hydrogen-bond donors (Lipinski definition) is 1. The minimum Gasteiger partial charge on any atom is -0.305 e. The van der Waals surface area contributed by atoms with Gasteiger partial charge in [-0.15, -0.1) is 11.3 Å². The Morgan fingerprint density at radius 3 is 3.12 bits per heavy atom. The smallest absolute Gasteiger partial charge is 0.260 e. The molecule has 0 fully saturated rings. The maximum atomic E-state index is 13.4. The number of aryl methyl sites for hydroxylation is 1. The molecule has 1 aliphatic rings. The van der Waals surface area contributed by atoms with E-state index in [2.05, 4.69) is 23.0 Å². The molecule has 4 nitrogen and oxygen atoms in total. The van der Waals surface area contributed by atoms with Crippen molar-refractivity contribution in [2.45, 2.75) is 26.2 Å². The summed E-state index contributed by atoms with van der Waals surface area (Å²) in [5, 5.41) is 10.2. The van der Waals surface area contributed by atoms with Gasteiger partial charge in [-0.1, -0.05) is 19.1 Å². The Balaban J connectivity index is 1.84. The summed E-state index contributed by atoms with van der Waals surface area (Å²) in [6.45, 7) is 2.21. The number of nitriles is 1. The number of fused-ring (bicyclic) bond motifs is 3. The van der Waals surface area contributed by atoms with Crippen molar-refractivity contribution in [1.29, 1.82) is 5.26 Å². The summed E-state index contributed by atoms with van der Waals surface area (Å²) in [5.41, 5.74) is 1.64. The first-order valence-corrected chi connectivity index (χ1v) is 9.29. The van der Waals surface area contributed by atoms with Crippen molar-refractivity contribution >= 4 is 33.2 Å². The molecule has 2 aromatic heterocycles. The Morgan fingerprint density at radius 2 is 2.35 bits per heavy atom. The van der Waals surface area contributed by atoms with Gasteiger partial charge in [0, 0.05) is 4.88 Å². The lowest BCUT2D eigenvalue weighted by Crippen LogP contribution is -2.14. The van der Waals surface area contributed by atoms with Gasteiger partial charge in [-0.25, -0.2) is 9.37 Å². The van der Waals surface area contributed by atoms with Crippen LogP contribution >= 0.6 is 11.3 Å². The van der Waals surface area contributed by atoms with Crippen molar-refractivity contribution in [2.24, 2.45) is 5.92 Å². The van der Waals surface area contributed by atoms with Crippen molar-refractivity contribution < 1.29 is 4.39 Å². The van der Waals surface area contributed by atoms with Crippen LogP contribution < -0.4 is 5.56 Å². The topological polar surface area (TPSA) is 69.5 Å². The van der Waals surface area contributed by atoms with Crippen molar-refractivity contribution in [3.8, 4) is 6.07 Å². The summed E-state index contributed by atoms with van der Waals surface area (Å²) in [7, 11) is 0. The van der Waals surface area contributed by atoms with E-state index in [-0.39, 0.29) is 22.8 Å². The summed E-state index contributed by atoms with van der Waals surface area (Å²) >= 11 is 1.54. The average Bonchev–Trinajstić information content (AvgIpc) is 2.97. The number of benzene rings is 1. The number of halogens is 1. The van der Waals surface area contributed by atoms with Gasteiger partial charge in [0.05, 0.1) is 11.0 Å². The quantitative estimate of drug-likeness (QED) is 0.688. The lowest BCUT2D eigenvalue weighted by molar-refractivity contribution is 0.509. The van der Waals surface area contributed by atoms with Gasteiger partial charge in [0.15, 0.2) is 5.82 Å². The predicted molar refractivity (Wildman–Crippen MR) is 101 cm³/mol. The third-order valence-electron chi connectivity index (χ3n) is 4.70. The Bertz CT molecular complexity index is 1140. The summed E-state index contributed by atoms with van der Waals surface area (Å²) in [6.07, 6.45) is 4.46. The van der Waals surface area contributed by atoms with E-state index >= 15 is 0 Å². The number of allylic oxidation sites excluding steroid dienone is 1. The molecule has 0 aliphatic heterocycles. The van der Waals surface area contributed by atoms with E-state index in [1.165, 1.54) is 23.1 Å². The Hall–Kier alpha value is -2.78. The number of H-pyrrole nitrogens is 1. The third kappa shape index (κ3) is 2.95. The van der Waals surface area contributed by atoms with E-state index < -0.39 is 0 Å². The Morgan fingerprint density at radius 1 is 1.50 bits per heavy atom. The van der Waals surface area contributed by atoms with E-state index in [4.69, 9.17) is 0 Å². The highest BCUT2D eigenvalue weighted by Crippen LogP contribution is 2.35. The molecular formula is C20H16FN3OS. The molecule has 1 aliphatic carbocycles. The molecule has 3 aromatic rings. The third-order valence-corrected chi connectivity index (χ3v) is 5.85. The van der Waals surface area contributed by atoms with Crippen LogP contribution in [0.3, 0.4) is 0 Å². The van der Waals surface area contributed by atoms with Gasteiger partial charge < -0.3 is 4.98 Å². The van der Waals surface area contributed by atoms with E-state index in [9.17, 15) is 14.4 Å². The summed E-state index contributed by atoms with van der Waals surface area (Å²) < 4.78 is 13.4. The fraction of sp³-hybridized carbons (Fsp3) is 0.250. The summed E-state index contributed by atoms with van der Waals surface area (Å²) in [6, 6.07) is 8.00. The monoisotopic (exact) mass is 365 g/mol. The molecule has 4 rings (SSSR count).